The molecule has 0 radical (unpaired) electrons. The van der Waals surface area contributed by atoms with Crippen LogP contribution in [0.1, 0.15) is 11.3 Å². The second-order valence-corrected chi connectivity index (χ2v) is 5.71. The average Bonchev–Trinajstić information content (AvgIpc) is 3.18. The van der Waals surface area contributed by atoms with Gasteiger partial charge in [0, 0.05) is 31.3 Å². The maximum Gasteiger partial charge on any atom is 0.269 e. The van der Waals surface area contributed by atoms with E-state index in [1.54, 1.807) is 25.4 Å². The normalized spacial score (nSPS) is 10.8. The van der Waals surface area contributed by atoms with E-state index in [0.717, 1.165) is 16.8 Å². The van der Waals surface area contributed by atoms with E-state index in [9.17, 15) is 10.1 Å². The van der Waals surface area contributed by atoms with Crippen LogP contribution in [0.15, 0.2) is 70.3 Å². The Labute approximate surface area is 179 Å². The molecule has 28 heavy (non-hydrogen) atoms. The summed E-state index contributed by atoms with van der Waals surface area (Å²) in [5, 5.41) is 17.0. The van der Waals surface area contributed by atoms with Gasteiger partial charge in [0.25, 0.3) is 5.69 Å². The largest absolute Gasteiger partial charge is 0.444 e. The lowest BCUT2D eigenvalue weighted by Gasteiger charge is -2.10. The number of aromatic nitrogens is 1. The summed E-state index contributed by atoms with van der Waals surface area (Å²) >= 11 is 0. The van der Waals surface area contributed by atoms with Gasteiger partial charge < -0.3 is 15.1 Å². The molecular formula is C19H20IN5O3. The van der Waals surface area contributed by atoms with Crippen LogP contribution >= 0.6 is 24.0 Å². The fourth-order valence-corrected chi connectivity index (χ4v) is 2.42. The van der Waals surface area contributed by atoms with Crippen molar-refractivity contribution in [1.82, 2.24) is 15.6 Å². The lowest BCUT2D eigenvalue weighted by Crippen LogP contribution is -2.36. The molecule has 0 unspecified atom stereocenters. The van der Waals surface area contributed by atoms with Gasteiger partial charge in [-0.05, 0) is 17.7 Å². The molecule has 0 aliphatic carbocycles. The van der Waals surface area contributed by atoms with Gasteiger partial charge in [-0.3, -0.25) is 15.1 Å². The van der Waals surface area contributed by atoms with Crippen molar-refractivity contribution in [3.63, 3.8) is 0 Å². The molecule has 2 N–H and O–H groups in total. The third kappa shape index (κ3) is 5.78. The van der Waals surface area contributed by atoms with Crippen LogP contribution in [0, 0.1) is 10.1 Å². The van der Waals surface area contributed by atoms with E-state index >= 15 is 0 Å². The summed E-state index contributed by atoms with van der Waals surface area (Å²) < 4.78 is 5.51. The number of nitro groups is 1. The van der Waals surface area contributed by atoms with Gasteiger partial charge >= 0.3 is 0 Å². The minimum atomic E-state index is -0.417. The molecule has 1 heterocycles. The van der Waals surface area contributed by atoms with E-state index in [2.05, 4.69) is 20.6 Å². The third-order valence-electron chi connectivity index (χ3n) is 3.84. The van der Waals surface area contributed by atoms with Crippen molar-refractivity contribution in [2.75, 3.05) is 7.05 Å². The molecular weight excluding hydrogens is 473 g/mol. The van der Waals surface area contributed by atoms with E-state index in [-0.39, 0.29) is 29.7 Å². The van der Waals surface area contributed by atoms with Crippen LogP contribution in [0.2, 0.25) is 0 Å². The topological polar surface area (TPSA) is 106 Å². The first-order chi connectivity index (χ1) is 13.2. The summed E-state index contributed by atoms with van der Waals surface area (Å²) in [7, 11) is 1.67. The van der Waals surface area contributed by atoms with Crippen LogP contribution in [0.25, 0.3) is 11.5 Å². The molecule has 0 saturated carbocycles. The van der Waals surface area contributed by atoms with Crippen LogP contribution < -0.4 is 10.6 Å². The number of benzene rings is 2. The van der Waals surface area contributed by atoms with Gasteiger partial charge in [-0.25, -0.2) is 4.98 Å². The Morgan fingerprint density at radius 1 is 1.11 bits per heavy atom. The predicted octanol–water partition coefficient (Wildman–Crippen LogP) is 3.73. The third-order valence-corrected chi connectivity index (χ3v) is 3.84. The van der Waals surface area contributed by atoms with Crippen molar-refractivity contribution in [3.8, 4) is 11.5 Å². The molecule has 8 nitrogen and oxygen atoms in total. The molecule has 0 aliphatic rings. The van der Waals surface area contributed by atoms with E-state index in [1.165, 1.54) is 12.1 Å². The van der Waals surface area contributed by atoms with Gasteiger partial charge in [0.2, 0.25) is 5.89 Å². The zero-order chi connectivity index (χ0) is 19.1. The highest BCUT2D eigenvalue weighted by Crippen LogP contribution is 2.17. The maximum atomic E-state index is 10.7. The fourth-order valence-electron chi connectivity index (χ4n) is 2.42. The van der Waals surface area contributed by atoms with Crippen molar-refractivity contribution < 1.29 is 9.34 Å². The molecule has 0 amide bonds. The van der Waals surface area contributed by atoms with Gasteiger partial charge in [0.1, 0.15) is 6.26 Å². The zero-order valence-corrected chi connectivity index (χ0v) is 17.5. The average molecular weight is 493 g/mol. The van der Waals surface area contributed by atoms with Crippen molar-refractivity contribution in [2.24, 2.45) is 4.99 Å². The number of aliphatic imine (C=N–C) groups is 1. The zero-order valence-electron chi connectivity index (χ0n) is 15.2. The highest BCUT2D eigenvalue weighted by atomic mass is 127. The minimum Gasteiger partial charge on any atom is -0.444 e. The molecule has 0 aliphatic heterocycles. The first-order valence-electron chi connectivity index (χ1n) is 8.33. The molecule has 1 aromatic heterocycles. The Balaban J connectivity index is 0.00000280. The number of non-ortho nitro benzene ring substituents is 1. The molecule has 9 heteroatoms. The van der Waals surface area contributed by atoms with Crippen LogP contribution in [0.3, 0.4) is 0 Å². The number of oxazole rings is 1. The lowest BCUT2D eigenvalue weighted by molar-refractivity contribution is -0.384. The molecule has 0 atom stereocenters. The Bertz CT molecular complexity index is 926. The van der Waals surface area contributed by atoms with E-state index in [4.69, 9.17) is 4.42 Å². The maximum absolute atomic E-state index is 10.7. The first-order valence-corrected chi connectivity index (χ1v) is 8.33. The van der Waals surface area contributed by atoms with Gasteiger partial charge in [0.15, 0.2) is 5.96 Å². The number of nitrogens with zero attached hydrogens (tertiary/aromatic N) is 3. The smallest absolute Gasteiger partial charge is 0.269 e. The Morgan fingerprint density at radius 2 is 1.79 bits per heavy atom. The minimum absolute atomic E-state index is 0. The monoisotopic (exact) mass is 493 g/mol. The van der Waals surface area contributed by atoms with Gasteiger partial charge in [0.05, 0.1) is 17.2 Å². The van der Waals surface area contributed by atoms with Crippen molar-refractivity contribution in [1.29, 1.82) is 0 Å². The Hall–Kier alpha value is -2.95. The number of halogens is 1. The van der Waals surface area contributed by atoms with Gasteiger partial charge in [-0.2, -0.15) is 0 Å². The summed E-state index contributed by atoms with van der Waals surface area (Å²) in [4.78, 5) is 18.9. The number of rotatable bonds is 6. The van der Waals surface area contributed by atoms with Crippen molar-refractivity contribution in [3.05, 3.63) is 82.2 Å². The molecule has 3 rings (SSSR count). The summed E-state index contributed by atoms with van der Waals surface area (Å²) in [5.41, 5.74) is 2.66. The molecule has 3 aromatic rings. The molecule has 0 saturated heterocycles. The number of nitro benzene ring substituents is 1. The first kappa shape index (κ1) is 21.4. The quantitative estimate of drug-likeness (QED) is 0.178. The second kappa shape index (κ2) is 10.4. The van der Waals surface area contributed by atoms with Crippen LogP contribution in [0.5, 0.6) is 0 Å². The Morgan fingerprint density at radius 3 is 2.43 bits per heavy atom. The SMILES string of the molecule is CN=C(NCc1ccc([N+](=O)[O-])cc1)NCc1coc(-c2ccccc2)n1.I. The molecule has 0 spiro atoms. The van der Waals surface area contributed by atoms with E-state index in [1.807, 2.05) is 30.3 Å². The van der Waals surface area contributed by atoms with E-state index < -0.39 is 4.92 Å². The highest BCUT2D eigenvalue weighted by molar-refractivity contribution is 14.0. The van der Waals surface area contributed by atoms with Crippen LogP contribution in [-0.4, -0.2) is 22.9 Å². The summed E-state index contributed by atoms with van der Waals surface area (Å²) in [5.74, 6) is 1.17. The number of hydrogen-bond donors (Lipinski definition) is 2. The molecule has 0 bridgehead atoms. The number of hydrogen-bond acceptors (Lipinski definition) is 5. The number of nitrogens with one attached hydrogen (secondary N) is 2. The second-order valence-electron chi connectivity index (χ2n) is 5.71. The summed E-state index contributed by atoms with van der Waals surface area (Å²) in [6, 6.07) is 16.1. The fraction of sp³-hybridized carbons (Fsp3) is 0.158. The van der Waals surface area contributed by atoms with Crippen molar-refractivity contribution >= 4 is 35.6 Å². The summed E-state index contributed by atoms with van der Waals surface area (Å²) in [6.07, 6.45) is 1.61. The standard InChI is InChI=1S/C19H19N5O3.HI/c1-20-19(21-11-14-7-9-17(10-8-14)24(25)26)22-12-16-13-27-18(23-16)15-5-3-2-4-6-15;/h2-10,13H,11-12H2,1H3,(H2,20,21,22);1H. The lowest BCUT2D eigenvalue weighted by atomic mass is 10.2. The van der Waals surface area contributed by atoms with E-state index in [0.29, 0.717) is 24.9 Å². The van der Waals surface area contributed by atoms with Gasteiger partial charge in [-0.15, -0.1) is 24.0 Å². The summed E-state index contributed by atoms with van der Waals surface area (Å²) in [6.45, 7) is 0.946. The molecule has 2 aromatic carbocycles. The van der Waals surface area contributed by atoms with Crippen LogP contribution in [0.4, 0.5) is 5.69 Å². The van der Waals surface area contributed by atoms with Crippen LogP contribution in [-0.2, 0) is 13.1 Å². The van der Waals surface area contributed by atoms with Gasteiger partial charge in [-0.1, -0.05) is 30.3 Å². The highest BCUT2D eigenvalue weighted by Gasteiger charge is 2.08. The molecule has 0 fully saturated rings. The Kier molecular flexibility index (Phi) is 7.93. The predicted molar refractivity (Wildman–Crippen MR) is 117 cm³/mol. The molecule has 146 valence electrons. The van der Waals surface area contributed by atoms with Crippen molar-refractivity contribution in [2.45, 2.75) is 13.1 Å². The number of guanidine groups is 1.